The SMILES string of the molecule is Nc1cccc(CC(=O)NC2CCCCNC2=O)c1. The fourth-order valence-electron chi connectivity index (χ4n) is 2.21. The molecule has 2 amide bonds. The highest BCUT2D eigenvalue weighted by Crippen LogP contribution is 2.09. The van der Waals surface area contributed by atoms with Crippen molar-refractivity contribution >= 4 is 17.5 Å². The van der Waals surface area contributed by atoms with Gasteiger partial charge in [-0.3, -0.25) is 9.59 Å². The number of hydrogen-bond acceptors (Lipinski definition) is 3. The molecule has 0 spiro atoms. The van der Waals surface area contributed by atoms with E-state index in [2.05, 4.69) is 10.6 Å². The second kappa shape index (κ2) is 6.22. The van der Waals surface area contributed by atoms with Gasteiger partial charge in [-0.25, -0.2) is 0 Å². The molecule has 1 unspecified atom stereocenters. The van der Waals surface area contributed by atoms with Gasteiger partial charge in [0, 0.05) is 12.2 Å². The summed E-state index contributed by atoms with van der Waals surface area (Å²) in [5.41, 5.74) is 7.16. The molecule has 2 rings (SSSR count). The summed E-state index contributed by atoms with van der Waals surface area (Å²) in [6.07, 6.45) is 2.86. The number of benzene rings is 1. The summed E-state index contributed by atoms with van der Waals surface area (Å²) >= 11 is 0. The van der Waals surface area contributed by atoms with Crippen molar-refractivity contribution in [2.24, 2.45) is 0 Å². The Morgan fingerprint density at radius 1 is 1.42 bits per heavy atom. The first-order valence-corrected chi connectivity index (χ1v) is 6.56. The van der Waals surface area contributed by atoms with Crippen LogP contribution in [0.3, 0.4) is 0 Å². The van der Waals surface area contributed by atoms with Crippen LogP contribution in [-0.4, -0.2) is 24.4 Å². The van der Waals surface area contributed by atoms with Crippen LogP contribution in [0.2, 0.25) is 0 Å². The Labute approximate surface area is 112 Å². The van der Waals surface area contributed by atoms with Crippen LogP contribution in [0.1, 0.15) is 24.8 Å². The molecule has 1 atom stereocenters. The molecule has 1 fully saturated rings. The van der Waals surface area contributed by atoms with E-state index in [-0.39, 0.29) is 18.2 Å². The Morgan fingerprint density at radius 2 is 2.26 bits per heavy atom. The number of hydrogen-bond donors (Lipinski definition) is 3. The molecule has 5 heteroatoms. The quantitative estimate of drug-likeness (QED) is 0.696. The first-order chi connectivity index (χ1) is 9.15. The van der Waals surface area contributed by atoms with Crippen molar-refractivity contribution in [3.8, 4) is 0 Å². The number of nitrogens with one attached hydrogen (secondary N) is 2. The predicted molar refractivity (Wildman–Crippen MR) is 73.3 cm³/mol. The Morgan fingerprint density at radius 3 is 3.05 bits per heavy atom. The molecule has 19 heavy (non-hydrogen) atoms. The summed E-state index contributed by atoms with van der Waals surface area (Å²) in [5.74, 6) is -0.230. The highest BCUT2D eigenvalue weighted by atomic mass is 16.2. The summed E-state index contributed by atoms with van der Waals surface area (Å²) in [5, 5.41) is 5.58. The van der Waals surface area contributed by atoms with Crippen LogP contribution >= 0.6 is 0 Å². The number of anilines is 1. The maximum Gasteiger partial charge on any atom is 0.242 e. The number of nitrogens with two attached hydrogens (primary N) is 1. The van der Waals surface area contributed by atoms with Gasteiger partial charge >= 0.3 is 0 Å². The summed E-state index contributed by atoms with van der Waals surface area (Å²) in [4.78, 5) is 23.6. The molecular formula is C14H19N3O2. The molecule has 1 heterocycles. The molecule has 1 aromatic rings. The summed E-state index contributed by atoms with van der Waals surface area (Å²) in [7, 11) is 0. The molecule has 0 saturated carbocycles. The molecule has 4 N–H and O–H groups in total. The first kappa shape index (κ1) is 13.4. The smallest absolute Gasteiger partial charge is 0.242 e. The topological polar surface area (TPSA) is 84.2 Å². The second-order valence-electron chi connectivity index (χ2n) is 4.83. The van der Waals surface area contributed by atoms with E-state index in [1.165, 1.54) is 0 Å². The van der Waals surface area contributed by atoms with Crippen molar-refractivity contribution in [3.05, 3.63) is 29.8 Å². The largest absolute Gasteiger partial charge is 0.399 e. The third-order valence-corrected chi connectivity index (χ3v) is 3.19. The zero-order chi connectivity index (χ0) is 13.7. The zero-order valence-electron chi connectivity index (χ0n) is 10.8. The minimum atomic E-state index is -0.406. The van der Waals surface area contributed by atoms with Gasteiger partial charge in [0.2, 0.25) is 11.8 Å². The van der Waals surface area contributed by atoms with E-state index in [4.69, 9.17) is 5.73 Å². The highest BCUT2D eigenvalue weighted by Gasteiger charge is 2.22. The highest BCUT2D eigenvalue weighted by molar-refractivity contribution is 5.88. The van der Waals surface area contributed by atoms with Crippen molar-refractivity contribution < 1.29 is 9.59 Å². The standard InChI is InChI=1S/C14H19N3O2/c15-11-5-3-4-10(8-11)9-13(18)17-12-6-1-2-7-16-14(12)19/h3-5,8,12H,1-2,6-7,9,15H2,(H,16,19)(H,17,18). The van der Waals surface area contributed by atoms with Gasteiger partial charge in [-0.2, -0.15) is 0 Å². The van der Waals surface area contributed by atoms with E-state index >= 15 is 0 Å². The minimum absolute atomic E-state index is 0.0848. The van der Waals surface area contributed by atoms with Crippen LogP contribution in [0.5, 0.6) is 0 Å². The van der Waals surface area contributed by atoms with Crippen LogP contribution in [-0.2, 0) is 16.0 Å². The zero-order valence-corrected chi connectivity index (χ0v) is 10.8. The number of carbonyl (C=O) groups excluding carboxylic acids is 2. The van der Waals surface area contributed by atoms with E-state index < -0.39 is 6.04 Å². The molecule has 0 aliphatic carbocycles. The average molecular weight is 261 g/mol. The molecule has 0 bridgehead atoms. The van der Waals surface area contributed by atoms with Gasteiger partial charge in [0.1, 0.15) is 6.04 Å². The van der Waals surface area contributed by atoms with E-state index in [0.717, 1.165) is 18.4 Å². The summed E-state index contributed by atoms with van der Waals surface area (Å²) in [6.45, 7) is 0.695. The number of rotatable bonds is 3. The summed E-state index contributed by atoms with van der Waals surface area (Å²) in [6, 6.07) is 6.81. The van der Waals surface area contributed by atoms with Gasteiger partial charge in [0.05, 0.1) is 6.42 Å². The Bertz CT molecular complexity index is 474. The third kappa shape index (κ3) is 3.98. The van der Waals surface area contributed by atoms with Gasteiger partial charge in [0.15, 0.2) is 0 Å². The van der Waals surface area contributed by atoms with E-state index in [1.807, 2.05) is 12.1 Å². The molecule has 1 aromatic carbocycles. The van der Waals surface area contributed by atoms with E-state index in [9.17, 15) is 9.59 Å². The lowest BCUT2D eigenvalue weighted by Crippen LogP contribution is -2.45. The Kier molecular flexibility index (Phi) is 4.39. The van der Waals surface area contributed by atoms with Crippen LogP contribution in [0, 0.1) is 0 Å². The number of nitrogen functional groups attached to an aromatic ring is 1. The fourth-order valence-corrected chi connectivity index (χ4v) is 2.21. The maximum absolute atomic E-state index is 11.9. The molecule has 1 saturated heterocycles. The van der Waals surface area contributed by atoms with Gasteiger partial charge < -0.3 is 16.4 Å². The van der Waals surface area contributed by atoms with Crippen LogP contribution < -0.4 is 16.4 Å². The Balaban J connectivity index is 1.91. The third-order valence-electron chi connectivity index (χ3n) is 3.19. The van der Waals surface area contributed by atoms with Gasteiger partial charge in [-0.15, -0.1) is 0 Å². The molecule has 1 aliphatic rings. The van der Waals surface area contributed by atoms with Crippen molar-refractivity contribution in [1.82, 2.24) is 10.6 Å². The maximum atomic E-state index is 11.9. The normalized spacial score (nSPS) is 19.4. The number of amides is 2. The van der Waals surface area contributed by atoms with E-state index in [0.29, 0.717) is 18.7 Å². The molecule has 0 aromatic heterocycles. The molecule has 1 aliphatic heterocycles. The average Bonchev–Trinajstić information content (AvgIpc) is 2.55. The van der Waals surface area contributed by atoms with Crippen LogP contribution in [0.15, 0.2) is 24.3 Å². The van der Waals surface area contributed by atoms with Gasteiger partial charge in [0.25, 0.3) is 0 Å². The van der Waals surface area contributed by atoms with Crippen LogP contribution in [0.4, 0.5) is 5.69 Å². The first-order valence-electron chi connectivity index (χ1n) is 6.56. The molecule has 102 valence electrons. The van der Waals surface area contributed by atoms with Crippen molar-refractivity contribution in [2.45, 2.75) is 31.7 Å². The molecular weight excluding hydrogens is 242 g/mol. The lowest BCUT2D eigenvalue weighted by atomic mass is 10.1. The molecule has 0 radical (unpaired) electrons. The van der Waals surface area contributed by atoms with Crippen LogP contribution in [0.25, 0.3) is 0 Å². The van der Waals surface area contributed by atoms with Crippen molar-refractivity contribution in [1.29, 1.82) is 0 Å². The monoisotopic (exact) mass is 261 g/mol. The minimum Gasteiger partial charge on any atom is -0.399 e. The predicted octanol–water partition coefficient (Wildman–Crippen LogP) is 0.596. The van der Waals surface area contributed by atoms with Gasteiger partial charge in [-0.1, -0.05) is 12.1 Å². The lowest BCUT2D eigenvalue weighted by Gasteiger charge is -2.15. The lowest BCUT2D eigenvalue weighted by molar-refractivity contribution is -0.128. The van der Waals surface area contributed by atoms with Gasteiger partial charge in [-0.05, 0) is 37.0 Å². The number of carbonyl (C=O) groups is 2. The van der Waals surface area contributed by atoms with E-state index in [1.54, 1.807) is 12.1 Å². The Hall–Kier alpha value is -2.04. The van der Waals surface area contributed by atoms with Crippen molar-refractivity contribution in [2.75, 3.05) is 12.3 Å². The fraction of sp³-hybridized carbons (Fsp3) is 0.429. The summed E-state index contributed by atoms with van der Waals surface area (Å²) < 4.78 is 0. The van der Waals surface area contributed by atoms with Crippen molar-refractivity contribution in [3.63, 3.8) is 0 Å². The molecule has 5 nitrogen and oxygen atoms in total. The second-order valence-corrected chi connectivity index (χ2v) is 4.83.